The van der Waals surface area contributed by atoms with Gasteiger partial charge >= 0.3 is 0 Å². The van der Waals surface area contributed by atoms with Crippen LogP contribution in [-0.4, -0.2) is 38.2 Å². The largest absolute Gasteiger partial charge is 0.508 e. The summed E-state index contributed by atoms with van der Waals surface area (Å²) in [5.41, 5.74) is 1.05. The summed E-state index contributed by atoms with van der Waals surface area (Å²) in [4.78, 5) is 0. The van der Waals surface area contributed by atoms with Gasteiger partial charge in [0.1, 0.15) is 5.75 Å². The summed E-state index contributed by atoms with van der Waals surface area (Å²) in [6.07, 6.45) is 0.450. The summed E-state index contributed by atoms with van der Waals surface area (Å²) in [6.45, 7) is 2.88. The maximum Gasteiger partial charge on any atom is 0.172 e. The van der Waals surface area contributed by atoms with E-state index in [-0.39, 0.29) is 18.1 Å². The summed E-state index contributed by atoms with van der Waals surface area (Å²) >= 11 is 0. The first-order valence-electron chi connectivity index (χ1n) is 5.78. The fourth-order valence-electron chi connectivity index (χ4n) is 1.89. The van der Waals surface area contributed by atoms with Gasteiger partial charge in [-0.1, -0.05) is 19.1 Å². The minimum absolute atomic E-state index is 0.0665. The standard InChI is InChI=1S/C13H21NO3/c1-4-14-12(13(16-2)17-3)9-10-6-5-7-11(15)8-10/h5-8,12-15H,4,9H2,1-3H3. The fraction of sp³-hybridized carbons (Fsp3) is 0.538. The molecule has 1 rings (SSSR count). The van der Waals surface area contributed by atoms with Crippen LogP contribution in [-0.2, 0) is 15.9 Å². The number of benzene rings is 1. The highest BCUT2D eigenvalue weighted by atomic mass is 16.7. The Labute approximate surface area is 103 Å². The van der Waals surface area contributed by atoms with Crippen molar-refractivity contribution < 1.29 is 14.6 Å². The third-order valence-electron chi connectivity index (χ3n) is 2.63. The van der Waals surface area contributed by atoms with Crippen molar-refractivity contribution in [3.63, 3.8) is 0 Å². The van der Waals surface area contributed by atoms with Crippen LogP contribution in [0.5, 0.6) is 5.75 Å². The summed E-state index contributed by atoms with van der Waals surface area (Å²) in [5, 5.41) is 12.7. The predicted octanol–water partition coefficient (Wildman–Crippen LogP) is 1.53. The second-order valence-corrected chi connectivity index (χ2v) is 3.88. The Hall–Kier alpha value is -1.10. The Morgan fingerprint density at radius 2 is 2.00 bits per heavy atom. The van der Waals surface area contributed by atoms with Crippen LogP contribution in [0.15, 0.2) is 24.3 Å². The number of aromatic hydroxyl groups is 1. The van der Waals surface area contributed by atoms with Crippen molar-refractivity contribution in [1.82, 2.24) is 5.32 Å². The number of nitrogens with one attached hydrogen (secondary N) is 1. The molecule has 0 radical (unpaired) electrons. The van der Waals surface area contributed by atoms with Crippen molar-refractivity contribution in [2.75, 3.05) is 20.8 Å². The Morgan fingerprint density at radius 3 is 2.53 bits per heavy atom. The monoisotopic (exact) mass is 239 g/mol. The van der Waals surface area contributed by atoms with Crippen LogP contribution in [0.25, 0.3) is 0 Å². The van der Waals surface area contributed by atoms with E-state index in [1.165, 1.54) is 0 Å². The molecular formula is C13H21NO3. The third kappa shape index (κ3) is 4.34. The number of ether oxygens (including phenoxy) is 2. The van der Waals surface area contributed by atoms with Gasteiger partial charge in [-0.3, -0.25) is 0 Å². The lowest BCUT2D eigenvalue weighted by Gasteiger charge is -2.25. The topological polar surface area (TPSA) is 50.7 Å². The second-order valence-electron chi connectivity index (χ2n) is 3.88. The van der Waals surface area contributed by atoms with E-state index in [1.54, 1.807) is 26.4 Å². The zero-order valence-corrected chi connectivity index (χ0v) is 10.6. The van der Waals surface area contributed by atoms with Crippen molar-refractivity contribution in [1.29, 1.82) is 0 Å². The van der Waals surface area contributed by atoms with Gasteiger partial charge in [-0.05, 0) is 30.7 Å². The molecule has 0 saturated heterocycles. The van der Waals surface area contributed by atoms with Gasteiger partial charge in [0.05, 0.1) is 6.04 Å². The van der Waals surface area contributed by atoms with Gasteiger partial charge in [0.25, 0.3) is 0 Å². The van der Waals surface area contributed by atoms with Gasteiger partial charge in [-0.25, -0.2) is 0 Å². The highest BCUT2D eigenvalue weighted by Gasteiger charge is 2.20. The van der Waals surface area contributed by atoms with Crippen LogP contribution < -0.4 is 5.32 Å². The van der Waals surface area contributed by atoms with Crippen molar-refractivity contribution in [2.24, 2.45) is 0 Å². The molecule has 0 heterocycles. The van der Waals surface area contributed by atoms with E-state index in [9.17, 15) is 5.11 Å². The molecular weight excluding hydrogens is 218 g/mol. The zero-order valence-electron chi connectivity index (χ0n) is 10.6. The molecule has 0 saturated carbocycles. The highest BCUT2D eigenvalue weighted by Crippen LogP contribution is 2.14. The summed E-state index contributed by atoms with van der Waals surface area (Å²) in [5.74, 6) is 0.282. The molecule has 0 aliphatic rings. The van der Waals surface area contributed by atoms with Crippen molar-refractivity contribution in [3.05, 3.63) is 29.8 Å². The average molecular weight is 239 g/mol. The molecule has 0 fully saturated rings. The van der Waals surface area contributed by atoms with Gasteiger partial charge in [0, 0.05) is 14.2 Å². The van der Waals surface area contributed by atoms with Crippen LogP contribution in [0.3, 0.4) is 0 Å². The number of methoxy groups -OCH3 is 2. The number of hydrogen-bond acceptors (Lipinski definition) is 4. The van der Waals surface area contributed by atoms with E-state index in [2.05, 4.69) is 5.32 Å². The molecule has 4 nitrogen and oxygen atoms in total. The minimum atomic E-state index is -0.294. The Morgan fingerprint density at radius 1 is 1.29 bits per heavy atom. The molecule has 0 aliphatic heterocycles. The first-order valence-corrected chi connectivity index (χ1v) is 5.78. The molecule has 2 N–H and O–H groups in total. The molecule has 4 heteroatoms. The van der Waals surface area contributed by atoms with Crippen molar-refractivity contribution >= 4 is 0 Å². The molecule has 1 unspecified atom stereocenters. The van der Waals surface area contributed by atoms with E-state index in [0.717, 1.165) is 18.5 Å². The number of likely N-dealkylation sites (N-methyl/N-ethyl adjacent to an activating group) is 1. The molecule has 1 aromatic carbocycles. The van der Waals surface area contributed by atoms with Gasteiger partial charge < -0.3 is 19.9 Å². The van der Waals surface area contributed by atoms with Crippen molar-refractivity contribution in [3.8, 4) is 5.75 Å². The number of hydrogen-bond donors (Lipinski definition) is 2. The van der Waals surface area contributed by atoms with Gasteiger partial charge in [0.15, 0.2) is 6.29 Å². The molecule has 17 heavy (non-hydrogen) atoms. The normalized spacial score (nSPS) is 12.9. The SMILES string of the molecule is CCNC(Cc1cccc(O)c1)C(OC)OC. The first kappa shape index (κ1) is 14.0. The predicted molar refractivity (Wildman–Crippen MR) is 67.1 cm³/mol. The van der Waals surface area contributed by atoms with Gasteiger partial charge in [0.2, 0.25) is 0 Å². The van der Waals surface area contributed by atoms with E-state index in [1.807, 2.05) is 19.1 Å². The number of phenols is 1. The third-order valence-corrected chi connectivity index (χ3v) is 2.63. The maximum atomic E-state index is 9.43. The van der Waals surface area contributed by atoms with E-state index in [0.29, 0.717) is 0 Å². The summed E-state index contributed by atoms with van der Waals surface area (Å²) in [6, 6.07) is 7.30. The van der Waals surface area contributed by atoms with Crippen LogP contribution in [0.1, 0.15) is 12.5 Å². The molecule has 96 valence electrons. The smallest absolute Gasteiger partial charge is 0.172 e. The molecule has 1 atom stereocenters. The second kappa shape index (κ2) is 7.27. The van der Waals surface area contributed by atoms with E-state index in [4.69, 9.17) is 9.47 Å². The summed E-state index contributed by atoms with van der Waals surface area (Å²) in [7, 11) is 3.25. The van der Waals surface area contributed by atoms with E-state index >= 15 is 0 Å². The summed E-state index contributed by atoms with van der Waals surface area (Å²) < 4.78 is 10.5. The lowest BCUT2D eigenvalue weighted by molar-refractivity contribution is -0.122. The van der Waals surface area contributed by atoms with Gasteiger partial charge in [-0.2, -0.15) is 0 Å². The fourth-order valence-corrected chi connectivity index (χ4v) is 1.89. The van der Waals surface area contributed by atoms with Crippen LogP contribution in [0.2, 0.25) is 0 Å². The minimum Gasteiger partial charge on any atom is -0.508 e. The van der Waals surface area contributed by atoms with Crippen LogP contribution >= 0.6 is 0 Å². The Kier molecular flexibility index (Phi) is 5.97. The van der Waals surface area contributed by atoms with Crippen LogP contribution in [0, 0.1) is 0 Å². The maximum absolute atomic E-state index is 9.43. The zero-order chi connectivity index (χ0) is 12.7. The average Bonchev–Trinajstić information content (AvgIpc) is 2.31. The van der Waals surface area contributed by atoms with Crippen molar-refractivity contribution in [2.45, 2.75) is 25.7 Å². The molecule has 1 aromatic rings. The Balaban J connectivity index is 2.71. The molecule has 0 aliphatic carbocycles. The molecule has 0 amide bonds. The Bertz CT molecular complexity index is 326. The van der Waals surface area contributed by atoms with Crippen LogP contribution in [0.4, 0.5) is 0 Å². The van der Waals surface area contributed by atoms with Gasteiger partial charge in [-0.15, -0.1) is 0 Å². The lowest BCUT2D eigenvalue weighted by Crippen LogP contribution is -2.43. The number of phenolic OH excluding ortho intramolecular Hbond substituents is 1. The quantitative estimate of drug-likeness (QED) is 0.709. The number of rotatable bonds is 7. The van der Waals surface area contributed by atoms with E-state index < -0.39 is 0 Å². The highest BCUT2D eigenvalue weighted by molar-refractivity contribution is 5.27. The molecule has 0 spiro atoms. The molecule has 0 bridgehead atoms. The molecule has 0 aromatic heterocycles. The first-order chi connectivity index (χ1) is 8.21. The lowest BCUT2D eigenvalue weighted by atomic mass is 10.1.